The second kappa shape index (κ2) is 8.97. The zero-order valence-electron chi connectivity index (χ0n) is 16.1. The Labute approximate surface area is 176 Å². The molecule has 0 aromatic heterocycles. The molecule has 0 aliphatic carbocycles. The second-order valence-electron chi connectivity index (χ2n) is 7.28. The largest absolute Gasteiger partial charge is 0.339 e. The highest BCUT2D eigenvalue weighted by Crippen LogP contribution is 2.26. The number of nitrogens with zero attached hydrogens (tertiary/aromatic N) is 2. The van der Waals surface area contributed by atoms with Crippen LogP contribution in [-0.4, -0.2) is 41.8 Å². The molecule has 2 aromatic carbocycles. The van der Waals surface area contributed by atoms with Crippen molar-refractivity contribution in [2.45, 2.75) is 25.8 Å². The zero-order valence-corrected chi connectivity index (χ0v) is 17.6. The lowest BCUT2D eigenvalue weighted by Gasteiger charge is -2.36. The summed E-state index contributed by atoms with van der Waals surface area (Å²) in [5.41, 5.74) is 1.59. The predicted octanol–water partition coefficient (Wildman–Crippen LogP) is 5.07. The van der Waals surface area contributed by atoms with Crippen molar-refractivity contribution in [3.63, 3.8) is 0 Å². The summed E-state index contributed by atoms with van der Waals surface area (Å²) in [7, 11) is 1.81. The Kier molecular flexibility index (Phi) is 6.63. The van der Waals surface area contributed by atoms with Crippen LogP contribution in [0.4, 0.5) is 0 Å². The maximum Gasteiger partial charge on any atom is 0.253 e. The predicted molar refractivity (Wildman–Crippen MR) is 113 cm³/mol. The molecule has 1 fully saturated rings. The summed E-state index contributed by atoms with van der Waals surface area (Å²) >= 11 is 12.0. The lowest BCUT2D eigenvalue weighted by Crippen LogP contribution is -2.46. The molecule has 0 N–H and O–H groups in total. The van der Waals surface area contributed by atoms with Crippen LogP contribution in [-0.2, 0) is 4.79 Å². The van der Waals surface area contributed by atoms with Gasteiger partial charge in [0.2, 0.25) is 5.91 Å². The molecule has 1 aliphatic heterocycles. The Balaban J connectivity index is 1.68. The first-order chi connectivity index (χ1) is 13.4. The Morgan fingerprint density at radius 1 is 1.11 bits per heavy atom. The number of likely N-dealkylation sites (tertiary alicyclic amines) is 1. The normalized spacial score (nSPS) is 17.9. The van der Waals surface area contributed by atoms with Gasteiger partial charge < -0.3 is 9.80 Å². The molecule has 2 aromatic rings. The van der Waals surface area contributed by atoms with Gasteiger partial charge in [0.15, 0.2) is 0 Å². The minimum absolute atomic E-state index is 0.0558. The summed E-state index contributed by atoms with van der Waals surface area (Å²) in [4.78, 5) is 29.4. The minimum atomic E-state index is -0.198. The lowest BCUT2D eigenvalue weighted by molar-refractivity contribution is -0.137. The number of amides is 2. The van der Waals surface area contributed by atoms with Crippen LogP contribution in [0.3, 0.4) is 0 Å². The average Bonchev–Trinajstić information content (AvgIpc) is 2.72. The van der Waals surface area contributed by atoms with Crippen molar-refractivity contribution in [3.05, 3.63) is 69.7 Å². The standard InChI is InChI=1S/C22H24Cl2N2O2/c1-15(17-5-3-7-20(24)13-17)25(2)21(27)18-6-4-12-26(14-18)22(28)16-8-10-19(23)11-9-16/h3,5,7-11,13,15,18H,4,6,12,14H2,1-2H3. The Morgan fingerprint density at radius 2 is 1.82 bits per heavy atom. The van der Waals surface area contributed by atoms with E-state index in [4.69, 9.17) is 23.2 Å². The average molecular weight is 419 g/mol. The fourth-order valence-electron chi connectivity index (χ4n) is 3.61. The molecule has 0 radical (unpaired) electrons. The van der Waals surface area contributed by atoms with Gasteiger partial charge in [-0.1, -0.05) is 35.3 Å². The number of benzene rings is 2. The smallest absolute Gasteiger partial charge is 0.253 e. The molecule has 2 unspecified atom stereocenters. The fourth-order valence-corrected chi connectivity index (χ4v) is 3.93. The van der Waals surface area contributed by atoms with Crippen molar-refractivity contribution in [1.82, 2.24) is 9.80 Å². The van der Waals surface area contributed by atoms with Gasteiger partial charge in [-0.2, -0.15) is 0 Å². The first-order valence-electron chi connectivity index (χ1n) is 9.44. The highest BCUT2D eigenvalue weighted by molar-refractivity contribution is 6.30. The highest BCUT2D eigenvalue weighted by Gasteiger charge is 2.32. The van der Waals surface area contributed by atoms with E-state index < -0.39 is 0 Å². The van der Waals surface area contributed by atoms with E-state index in [1.54, 1.807) is 34.1 Å². The van der Waals surface area contributed by atoms with Crippen LogP contribution in [0.1, 0.15) is 41.7 Å². The molecule has 1 aliphatic rings. The van der Waals surface area contributed by atoms with E-state index in [0.29, 0.717) is 28.7 Å². The summed E-state index contributed by atoms with van der Waals surface area (Å²) in [6.45, 7) is 3.09. The van der Waals surface area contributed by atoms with Gasteiger partial charge >= 0.3 is 0 Å². The van der Waals surface area contributed by atoms with Crippen molar-refractivity contribution in [3.8, 4) is 0 Å². The van der Waals surface area contributed by atoms with Gasteiger partial charge in [-0.25, -0.2) is 0 Å². The third-order valence-corrected chi connectivity index (χ3v) is 5.90. The summed E-state index contributed by atoms with van der Waals surface area (Å²) in [6, 6.07) is 14.3. The van der Waals surface area contributed by atoms with Crippen molar-refractivity contribution < 1.29 is 9.59 Å². The maximum absolute atomic E-state index is 13.1. The number of piperidine rings is 1. The van der Waals surface area contributed by atoms with Gasteiger partial charge in [-0.15, -0.1) is 0 Å². The molecule has 2 atom stereocenters. The highest BCUT2D eigenvalue weighted by atomic mass is 35.5. The van der Waals surface area contributed by atoms with E-state index >= 15 is 0 Å². The number of carbonyl (C=O) groups excluding carboxylic acids is 2. The second-order valence-corrected chi connectivity index (χ2v) is 8.15. The van der Waals surface area contributed by atoms with Crippen molar-refractivity contribution >= 4 is 35.0 Å². The molecule has 4 nitrogen and oxygen atoms in total. The van der Waals surface area contributed by atoms with Crippen LogP contribution in [0.5, 0.6) is 0 Å². The topological polar surface area (TPSA) is 40.6 Å². The van der Waals surface area contributed by atoms with Crippen LogP contribution in [0.25, 0.3) is 0 Å². The van der Waals surface area contributed by atoms with E-state index in [0.717, 1.165) is 18.4 Å². The van der Waals surface area contributed by atoms with Crippen LogP contribution >= 0.6 is 23.2 Å². The quantitative estimate of drug-likeness (QED) is 0.695. The van der Waals surface area contributed by atoms with Gasteiger partial charge in [0.05, 0.1) is 12.0 Å². The van der Waals surface area contributed by atoms with Gasteiger partial charge in [-0.05, 0) is 61.7 Å². The van der Waals surface area contributed by atoms with E-state index in [9.17, 15) is 9.59 Å². The molecule has 2 amide bonds. The molecule has 1 heterocycles. The molecule has 6 heteroatoms. The monoisotopic (exact) mass is 418 g/mol. The summed E-state index contributed by atoms with van der Waals surface area (Å²) in [5.74, 6) is -0.197. The van der Waals surface area contributed by atoms with Crippen molar-refractivity contribution in [1.29, 1.82) is 0 Å². The third-order valence-electron chi connectivity index (χ3n) is 5.41. The third kappa shape index (κ3) is 4.68. The van der Waals surface area contributed by atoms with E-state index in [1.165, 1.54) is 0 Å². The number of hydrogen-bond donors (Lipinski definition) is 0. The lowest BCUT2D eigenvalue weighted by atomic mass is 9.95. The van der Waals surface area contributed by atoms with Crippen LogP contribution in [0, 0.1) is 5.92 Å². The van der Waals surface area contributed by atoms with Crippen LogP contribution in [0.2, 0.25) is 10.0 Å². The Bertz CT molecular complexity index is 854. The molecule has 28 heavy (non-hydrogen) atoms. The number of hydrogen-bond acceptors (Lipinski definition) is 2. The molecular formula is C22H24Cl2N2O2. The summed E-state index contributed by atoms with van der Waals surface area (Å²) in [6.07, 6.45) is 1.60. The molecule has 1 saturated heterocycles. The Hall–Kier alpha value is -2.04. The SMILES string of the molecule is CC(c1cccc(Cl)c1)N(C)C(=O)C1CCCN(C(=O)c2ccc(Cl)cc2)C1. The molecule has 3 rings (SSSR count). The first-order valence-corrected chi connectivity index (χ1v) is 10.2. The number of halogens is 2. The molecular weight excluding hydrogens is 395 g/mol. The molecule has 148 valence electrons. The summed E-state index contributed by atoms with van der Waals surface area (Å²) < 4.78 is 0. The van der Waals surface area contributed by atoms with Crippen molar-refractivity contribution in [2.24, 2.45) is 5.92 Å². The van der Waals surface area contributed by atoms with Crippen LogP contribution < -0.4 is 0 Å². The van der Waals surface area contributed by atoms with E-state index in [1.807, 2.05) is 38.2 Å². The van der Waals surface area contributed by atoms with E-state index in [2.05, 4.69) is 0 Å². The van der Waals surface area contributed by atoms with Crippen molar-refractivity contribution in [2.75, 3.05) is 20.1 Å². The van der Waals surface area contributed by atoms with E-state index in [-0.39, 0.29) is 23.8 Å². The summed E-state index contributed by atoms with van der Waals surface area (Å²) in [5, 5.41) is 1.25. The number of rotatable bonds is 4. The fraction of sp³-hybridized carbons (Fsp3) is 0.364. The van der Waals surface area contributed by atoms with Gasteiger partial charge in [0.1, 0.15) is 0 Å². The van der Waals surface area contributed by atoms with Gasteiger partial charge in [0, 0.05) is 35.7 Å². The molecule has 0 bridgehead atoms. The molecule has 0 saturated carbocycles. The zero-order chi connectivity index (χ0) is 20.3. The number of carbonyl (C=O) groups is 2. The Morgan fingerprint density at radius 3 is 2.50 bits per heavy atom. The van der Waals surface area contributed by atoms with Gasteiger partial charge in [-0.3, -0.25) is 9.59 Å². The molecule has 0 spiro atoms. The van der Waals surface area contributed by atoms with Crippen LogP contribution in [0.15, 0.2) is 48.5 Å². The minimum Gasteiger partial charge on any atom is -0.339 e. The first kappa shape index (κ1) is 20.7. The van der Waals surface area contributed by atoms with Gasteiger partial charge in [0.25, 0.3) is 5.91 Å². The maximum atomic E-state index is 13.1.